The van der Waals surface area contributed by atoms with Gasteiger partial charge in [-0.25, -0.2) is 4.79 Å². The first-order chi connectivity index (χ1) is 10.2. The number of nitrogens with one attached hydrogen (secondary N) is 1. The molecule has 0 radical (unpaired) electrons. The van der Waals surface area contributed by atoms with E-state index < -0.39 is 40.7 Å². The second-order valence-corrected chi connectivity index (χ2v) is 5.86. The molecule has 0 saturated carbocycles. The molecule has 120 valence electrons. The van der Waals surface area contributed by atoms with Crippen LogP contribution in [0.15, 0.2) is 15.7 Å². The second-order valence-electron chi connectivity index (χ2n) is 5.23. The molecule has 8 heteroatoms. The van der Waals surface area contributed by atoms with Crippen LogP contribution in [0.25, 0.3) is 0 Å². The van der Waals surface area contributed by atoms with Crippen molar-refractivity contribution in [3.05, 3.63) is 32.6 Å². The van der Waals surface area contributed by atoms with Crippen molar-refractivity contribution < 1.29 is 14.9 Å². The molecule has 1 saturated heterocycles. The molecular weight excluding hydrogens is 312 g/mol. The van der Waals surface area contributed by atoms with Crippen molar-refractivity contribution in [2.24, 2.45) is 0 Å². The number of nitrogens with zero attached hydrogens (tertiary/aromatic N) is 1. The van der Waals surface area contributed by atoms with Crippen molar-refractivity contribution in [3.63, 3.8) is 0 Å². The Bertz CT molecular complexity index is 744. The molecule has 5 atom stereocenters. The highest BCUT2D eigenvalue weighted by Gasteiger charge is 2.57. The zero-order valence-electron chi connectivity index (χ0n) is 12.3. The number of alkyl halides is 1. The van der Waals surface area contributed by atoms with Gasteiger partial charge in [-0.2, -0.15) is 0 Å². The topological polar surface area (TPSA) is 105 Å². The van der Waals surface area contributed by atoms with Crippen LogP contribution in [0.5, 0.6) is 0 Å². The first kappa shape index (κ1) is 16.8. The third kappa shape index (κ3) is 2.59. The van der Waals surface area contributed by atoms with Crippen LogP contribution in [-0.2, 0) is 4.74 Å². The van der Waals surface area contributed by atoms with E-state index in [-0.39, 0.29) is 0 Å². The Balaban J connectivity index is 2.64. The van der Waals surface area contributed by atoms with E-state index in [4.69, 9.17) is 16.3 Å². The highest BCUT2D eigenvalue weighted by Crippen LogP contribution is 2.43. The number of aryl methyl sites for hydroxylation is 1. The van der Waals surface area contributed by atoms with Crippen molar-refractivity contribution in [1.82, 2.24) is 9.55 Å². The van der Waals surface area contributed by atoms with Gasteiger partial charge in [0.25, 0.3) is 5.56 Å². The van der Waals surface area contributed by atoms with Gasteiger partial charge in [0.2, 0.25) is 0 Å². The fourth-order valence-electron chi connectivity index (χ4n) is 2.57. The molecule has 0 aromatic carbocycles. The summed E-state index contributed by atoms with van der Waals surface area (Å²) in [4.78, 5) is 23.9. The largest absolute Gasteiger partial charge is 0.391 e. The van der Waals surface area contributed by atoms with E-state index in [1.165, 1.54) is 19.9 Å². The van der Waals surface area contributed by atoms with E-state index in [1.807, 2.05) is 0 Å². The molecule has 0 bridgehead atoms. The standard InChI is InChI=1S/C14H17ClN2O5/c1-4-5-14(15)11(20)10(8(3)18)22-12(14)17-7(2)6-9(19)16-13(17)21/h6,8,10-12,18,20H,1-3H3,(H,16,19,21)/t8-,10-,11?,12-,14-/m1/s1. The van der Waals surface area contributed by atoms with Crippen molar-refractivity contribution in [1.29, 1.82) is 0 Å². The molecule has 1 aliphatic heterocycles. The number of aromatic nitrogens is 2. The maximum atomic E-state index is 12.1. The summed E-state index contributed by atoms with van der Waals surface area (Å²) in [5.41, 5.74) is -0.970. The van der Waals surface area contributed by atoms with Gasteiger partial charge in [-0.15, -0.1) is 5.92 Å². The number of halogens is 1. The molecular formula is C14H17ClN2O5. The summed E-state index contributed by atoms with van der Waals surface area (Å²) in [6.45, 7) is 4.51. The Labute approximate surface area is 131 Å². The van der Waals surface area contributed by atoms with E-state index in [0.29, 0.717) is 5.69 Å². The summed E-state index contributed by atoms with van der Waals surface area (Å²) >= 11 is 6.43. The van der Waals surface area contributed by atoms with Gasteiger partial charge < -0.3 is 14.9 Å². The van der Waals surface area contributed by atoms with Crippen LogP contribution in [0, 0.1) is 18.8 Å². The lowest BCUT2D eigenvalue weighted by Gasteiger charge is -2.26. The monoisotopic (exact) mass is 328 g/mol. The lowest BCUT2D eigenvalue weighted by molar-refractivity contribution is -0.0778. The first-order valence-corrected chi connectivity index (χ1v) is 7.07. The highest BCUT2D eigenvalue weighted by atomic mass is 35.5. The average Bonchev–Trinajstić information content (AvgIpc) is 2.63. The van der Waals surface area contributed by atoms with Crippen molar-refractivity contribution in [2.45, 2.75) is 50.2 Å². The lowest BCUT2D eigenvalue weighted by Crippen LogP contribution is -2.45. The minimum absolute atomic E-state index is 0.306. The summed E-state index contributed by atoms with van der Waals surface area (Å²) in [5.74, 6) is 5.25. The number of hydrogen-bond donors (Lipinski definition) is 3. The summed E-state index contributed by atoms with van der Waals surface area (Å²) in [6, 6.07) is 1.21. The molecule has 0 spiro atoms. The third-order valence-electron chi connectivity index (χ3n) is 3.58. The summed E-state index contributed by atoms with van der Waals surface area (Å²) in [6.07, 6.45) is -4.50. The SMILES string of the molecule is CC#C[C@@]1(Cl)C(O)[C@@H]([C@@H](C)O)O[C@H]1n1c(C)cc(=O)[nH]c1=O. The Morgan fingerprint density at radius 3 is 2.68 bits per heavy atom. The van der Waals surface area contributed by atoms with E-state index in [0.717, 1.165) is 4.57 Å². The number of ether oxygens (including phenoxy) is 1. The smallest absolute Gasteiger partial charge is 0.330 e. The molecule has 1 unspecified atom stereocenters. The zero-order valence-corrected chi connectivity index (χ0v) is 13.1. The summed E-state index contributed by atoms with van der Waals surface area (Å²) < 4.78 is 6.71. The van der Waals surface area contributed by atoms with Gasteiger partial charge in [0.05, 0.1) is 6.10 Å². The number of aliphatic hydroxyl groups is 2. The lowest BCUT2D eigenvalue weighted by atomic mass is 9.96. The molecule has 1 aromatic heterocycles. The van der Waals surface area contributed by atoms with Crippen LogP contribution < -0.4 is 11.2 Å². The van der Waals surface area contributed by atoms with Gasteiger partial charge in [0.15, 0.2) is 11.1 Å². The van der Waals surface area contributed by atoms with E-state index in [1.54, 1.807) is 6.92 Å². The predicted octanol–water partition coefficient (Wildman–Crippen LogP) is -0.515. The van der Waals surface area contributed by atoms with E-state index in [9.17, 15) is 19.8 Å². The zero-order chi connectivity index (χ0) is 16.7. The number of hydrogen-bond acceptors (Lipinski definition) is 5. The molecule has 1 fully saturated rings. The van der Waals surface area contributed by atoms with Crippen molar-refractivity contribution in [3.8, 4) is 11.8 Å². The predicted molar refractivity (Wildman–Crippen MR) is 79.7 cm³/mol. The fraction of sp³-hybridized carbons (Fsp3) is 0.571. The Morgan fingerprint density at radius 2 is 2.18 bits per heavy atom. The van der Waals surface area contributed by atoms with Gasteiger partial charge in [0, 0.05) is 11.8 Å². The Hall–Kier alpha value is -1.59. The van der Waals surface area contributed by atoms with Crippen LogP contribution in [0.4, 0.5) is 0 Å². The van der Waals surface area contributed by atoms with Crippen LogP contribution in [0.1, 0.15) is 25.8 Å². The van der Waals surface area contributed by atoms with Crippen LogP contribution in [0.3, 0.4) is 0 Å². The molecule has 22 heavy (non-hydrogen) atoms. The van der Waals surface area contributed by atoms with Gasteiger partial charge in [-0.1, -0.05) is 17.5 Å². The van der Waals surface area contributed by atoms with Crippen LogP contribution in [0.2, 0.25) is 0 Å². The Morgan fingerprint density at radius 1 is 1.55 bits per heavy atom. The maximum Gasteiger partial charge on any atom is 0.330 e. The minimum Gasteiger partial charge on any atom is -0.391 e. The van der Waals surface area contributed by atoms with Gasteiger partial charge >= 0.3 is 5.69 Å². The molecule has 0 amide bonds. The average molecular weight is 329 g/mol. The van der Waals surface area contributed by atoms with E-state index in [2.05, 4.69) is 16.8 Å². The molecule has 2 rings (SSSR count). The van der Waals surface area contributed by atoms with E-state index >= 15 is 0 Å². The fourth-order valence-corrected chi connectivity index (χ4v) is 2.94. The molecule has 1 aromatic rings. The summed E-state index contributed by atoms with van der Waals surface area (Å²) in [5, 5.41) is 20.1. The minimum atomic E-state index is -1.62. The van der Waals surface area contributed by atoms with Gasteiger partial charge in [-0.05, 0) is 20.8 Å². The first-order valence-electron chi connectivity index (χ1n) is 6.69. The van der Waals surface area contributed by atoms with Crippen molar-refractivity contribution in [2.75, 3.05) is 0 Å². The number of aromatic amines is 1. The Kier molecular flexibility index (Phi) is 4.49. The quantitative estimate of drug-likeness (QED) is 0.501. The summed E-state index contributed by atoms with van der Waals surface area (Å²) in [7, 11) is 0. The van der Waals surface area contributed by atoms with Crippen molar-refractivity contribution >= 4 is 11.6 Å². The molecule has 3 N–H and O–H groups in total. The second kappa shape index (κ2) is 5.89. The van der Waals surface area contributed by atoms with Crippen LogP contribution in [-0.4, -0.2) is 43.0 Å². The number of H-pyrrole nitrogens is 1. The van der Waals surface area contributed by atoms with Gasteiger partial charge in [-0.3, -0.25) is 14.3 Å². The molecule has 7 nitrogen and oxygen atoms in total. The normalized spacial score (nSPS) is 32.4. The van der Waals surface area contributed by atoms with Crippen LogP contribution >= 0.6 is 11.6 Å². The third-order valence-corrected chi connectivity index (χ3v) is 4.09. The molecule has 1 aliphatic rings. The number of rotatable bonds is 2. The van der Waals surface area contributed by atoms with Gasteiger partial charge in [0.1, 0.15) is 12.2 Å². The highest BCUT2D eigenvalue weighted by molar-refractivity contribution is 6.27. The number of aliphatic hydroxyl groups excluding tert-OH is 2. The maximum absolute atomic E-state index is 12.1. The molecule has 2 heterocycles. The molecule has 0 aliphatic carbocycles.